The van der Waals surface area contributed by atoms with Crippen molar-refractivity contribution in [3.63, 3.8) is 0 Å². The van der Waals surface area contributed by atoms with Crippen LogP contribution in [0.15, 0.2) is 77.7 Å². The summed E-state index contributed by atoms with van der Waals surface area (Å²) in [6.07, 6.45) is 0.163. The van der Waals surface area contributed by atoms with Crippen molar-refractivity contribution in [2.45, 2.75) is 23.8 Å². The van der Waals surface area contributed by atoms with Gasteiger partial charge in [0.2, 0.25) is 10.0 Å². The van der Waals surface area contributed by atoms with Crippen LogP contribution in [-0.2, 0) is 30.8 Å². The van der Waals surface area contributed by atoms with Crippen LogP contribution in [0.1, 0.15) is 23.6 Å². The fourth-order valence-corrected chi connectivity index (χ4v) is 5.93. The van der Waals surface area contributed by atoms with Crippen LogP contribution >= 0.6 is 0 Å². The molecule has 1 N–H and O–H groups in total. The van der Waals surface area contributed by atoms with E-state index in [1.54, 1.807) is 30.3 Å². The predicted octanol–water partition coefficient (Wildman–Crippen LogP) is 3.46. The van der Waals surface area contributed by atoms with Crippen molar-refractivity contribution in [3.8, 4) is 5.75 Å². The van der Waals surface area contributed by atoms with E-state index in [2.05, 4.69) is 5.32 Å². The number of carbonyl (C=O) groups excluding carboxylic acids is 2. The highest BCUT2D eigenvalue weighted by Crippen LogP contribution is 2.36. The van der Waals surface area contributed by atoms with Gasteiger partial charge in [-0.3, -0.25) is 19.7 Å². The average molecular weight is 540 g/mol. The van der Waals surface area contributed by atoms with Crippen molar-refractivity contribution in [2.75, 3.05) is 25.6 Å². The highest BCUT2D eigenvalue weighted by Gasteiger charge is 2.37. The van der Waals surface area contributed by atoms with E-state index < -0.39 is 39.5 Å². The van der Waals surface area contributed by atoms with Crippen LogP contribution in [0, 0.1) is 10.1 Å². The molecule has 38 heavy (non-hydrogen) atoms. The summed E-state index contributed by atoms with van der Waals surface area (Å²) < 4.78 is 38.3. The molecule has 0 saturated heterocycles. The Bertz CT molecular complexity index is 1460. The quantitative estimate of drug-likeness (QED) is 0.247. The minimum Gasteiger partial charge on any atom is -0.496 e. The lowest BCUT2D eigenvalue weighted by atomic mass is 9.92. The number of carbonyl (C=O) groups is 2. The summed E-state index contributed by atoms with van der Waals surface area (Å²) in [6.45, 7) is -0.532. The molecule has 0 spiro atoms. The summed E-state index contributed by atoms with van der Waals surface area (Å²) in [4.78, 5) is 36.0. The largest absolute Gasteiger partial charge is 0.496 e. The molecule has 1 aliphatic heterocycles. The van der Waals surface area contributed by atoms with Gasteiger partial charge in [0.05, 0.1) is 35.5 Å². The van der Waals surface area contributed by atoms with E-state index in [0.29, 0.717) is 12.0 Å². The van der Waals surface area contributed by atoms with Crippen molar-refractivity contribution in [2.24, 2.45) is 0 Å². The number of sulfonamides is 1. The van der Waals surface area contributed by atoms with Crippen LogP contribution < -0.4 is 10.1 Å². The summed E-state index contributed by atoms with van der Waals surface area (Å²) in [5, 5.41) is 13.7. The number of nitro groups is 1. The van der Waals surface area contributed by atoms with Crippen molar-refractivity contribution in [1.82, 2.24) is 4.31 Å². The smallest absolute Gasteiger partial charge is 0.308 e. The van der Waals surface area contributed by atoms with Gasteiger partial charge < -0.3 is 14.8 Å². The Kier molecular flexibility index (Phi) is 8.03. The number of benzene rings is 3. The average Bonchev–Trinajstić information content (AvgIpc) is 2.92. The number of methoxy groups -OCH3 is 1. The van der Waals surface area contributed by atoms with Crippen molar-refractivity contribution < 1.29 is 32.4 Å². The lowest BCUT2D eigenvalue weighted by Crippen LogP contribution is -2.41. The lowest BCUT2D eigenvalue weighted by molar-refractivity contribution is -0.384. The van der Waals surface area contributed by atoms with Gasteiger partial charge in [-0.05, 0) is 41.8 Å². The first-order chi connectivity index (χ1) is 18.2. The Hall–Kier alpha value is -4.29. The maximum atomic E-state index is 13.4. The molecule has 11 nitrogen and oxygen atoms in total. The summed E-state index contributed by atoms with van der Waals surface area (Å²) in [5.41, 5.74) is 1.14. The van der Waals surface area contributed by atoms with Crippen molar-refractivity contribution in [3.05, 3.63) is 94.0 Å². The van der Waals surface area contributed by atoms with E-state index in [4.69, 9.17) is 9.47 Å². The molecule has 0 fully saturated rings. The van der Waals surface area contributed by atoms with Gasteiger partial charge in [0, 0.05) is 6.54 Å². The Labute approximate surface area is 219 Å². The Morgan fingerprint density at radius 2 is 1.79 bits per heavy atom. The van der Waals surface area contributed by atoms with E-state index in [1.165, 1.54) is 35.7 Å². The van der Waals surface area contributed by atoms with Crippen molar-refractivity contribution in [1.29, 1.82) is 0 Å². The van der Waals surface area contributed by atoms with Gasteiger partial charge in [-0.1, -0.05) is 42.5 Å². The third kappa shape index (κ3) is 5.82. The van der Waals surface area contributed by atoms with Gasteiger partial charge in [0.15, 0.2) is 6.61 Å². The maximum absolute atomic E-state index is 13.4. The number of nitro benzene ring substituents is 1. The molecule has 4 rings (SSSR count). The standard InChI is InChI=1S/C26H25N3O8S/c1-36-19-11-12-22(24(15-19)29(32)33)27-25(30)17-37-26(31)16-23-21-10-6-5-7-18(21)13-14-28(23)38(34,35)20-8-3-2-4-9-20/h2-12,15,23H,13-14,16-17H2,1H3,(H,27,30)/t23-/m0/s1. The van der Waals surface area contributed by atoms with Crippen LogP contribution in [0.25, 0.3) is 0 Å². The minimum absolute atomic E-state index is 0.0850. The van der Waals surface area contributed by atoms with Gasteiger partial charge in [0.1, 0.15) is 11.4 Å². The summed E-state index contributed by atoms with van der Waals surface area (Å²) >= 11 is 0. The molecule has 3 aromatic carbocycles. The Morgan fingerprint density at radius 1 is 1.08 bits per heavy atom. The lowest BCUT2D eigenvalue weighted by Gasteiger charge is -2.36. The normalized spacial score (nSPS) is 15.2. The molecule has 0 aliphatic carbocycles. The molecule has 3 aromatic rings. The topological polar surface area (TPSA) is 145 Å². The van der Waals surface area contributed by atoms with Crippen LogP contribution in [0.2, 0.25) is 0 Å². The second-order valence-electron chi connectivity index (χ2n) is 8.45. The molecule has 1 atom stereocenters. The second kappa shape index (κ2) is 11.4. The van der Waals surface area contributed by atoms with Gasteiger partial charge in [-0.2, -0.15) is 4.31 Å². The fourth-order valence-electron chi connectivity index (χ4n) is 4.30. The number of ether oxygens (including phenoxy) is 2. The van der Waals surface area contributed by atoms with E-state index in [-0.39, 0.29) is 35.0 Å². The fraction of sp³-hybridized carbons (Fsp3) is 0.231. The molecule has 1 aliphatic rings. The zero-order valence-electron chi connectivity index (χ0n) is 20.4. The molecule has 12 heteroatoms. The number of nitrogens with one attached hydrogen (secondary N) is 1. The van der Waals surface area contributed by atoms with E-state index in [9.17, 15) is 28.1 Å². The molecular formula is C26H25N3O8S. The molecule has 0 aromatic heterocycles. The van der Waals surface area contributed by atoms with Crippen molar-refractivity contribution >= 4 is 33.3 Å². The van der Waals surface area contributed by atoms with Gasteiger partial charge in [-0.25, -0.2) is 8.42 Å². The highest BCUT2D eigenvalue weighted by atomic mass is 32.2. The Balaban J connectivity index is 1.48. The van der Waals surface area contributed by atoms with E-state index in [0.717, 1.165) is 11.6 Å². The molecule has 0 unspecified atom stereocenters. The molecule has 0 bridgehead atoms. The van der Waals surface area contributed by atoms with E-state index in [1.807, 2.05) is 12.1 Å². The predicted molar refractivity (Wildman–Crippen MR) is 137 cm³/mol. The number of nitrogens with zero attached hydrogens (tertiary/aromatic N) is 2. The molecular weight excluding hydrogens is 514 g/mol. The van der Waals surface area contributed by atoms with Crippen LogP contribution in [0.4, 0.5) is 11.4 Å². The first-order valence-corrected chi connectivity index (χ1v) is 13.1. The number of hydrogen-bond acceptors (Lipinski definition) is 8. The number of amides is 1. The number of anilines is 1. The monoisotopic (exact) mass is 539 g/mol. The minimum atomic E-state index is -3.92. The summed E-state index contributed by atoms with van der Waals surface area (Å²) in [5.74, 6) is -1.34. The number of fused-ring (bicyclic) bond motifs is 1. The molecule has 0 saturated carbocycles. The summed E-state index contributed by atoms with van der Waals surface area (Å²) in [7, 11) is -2.56. The maximum Gasteiger partial charge on any atom is 0.308 e. The molecule has 0 radical (unpaired) electrons. The summed E-state index contributed by atoms with van der Waals surface area (Å²) in [6, 6.07) is 18.3. The van der Waals surface area contributed by atoms with Gasteiger partial charge >= 0.3 is 5.97 Å². The second-order valence-corrected chi connectivity index (χ2v) is 10.3. The highest BCUT2D eigenvalue weighted by molar-refractivity contribution is 7.89. The third-order valence-electron chi connectivity index (χ3n) is 6.11. The number of rotatable bonds is 9. The van der Waals surface area contributed by atoms with Gasteiger partial charge in [-0.15, -0.1) is 0 Å². The number of hydrogen-bond donors (Lipinski definition) is 1. The first-order valence-electron chi connectivity index (χ1n) is 11.6. The van der Waals surface area contributed by atoms with Crippen LogP contribution in [0.5, 0.6) is 5.75 Å². The number of esters is 1. The SMILES string of the molecule is COc1ccc(NC(=O)COC(=O)C[C@H]2c3ccccc3CCN2S(=O)(=O)c2ccccc2)c([N+](=O)[O-])c1. The van der Waals surface area contributed by atoms with Gasteiger partial charge in [0.25, 0.3) is 11.6 Å². The van der Waals surface area contributed by atoms with Crippen LogP contribution in [0.3, 0.4) is 0 Å². The van der Waals surface area contributed by atoms with E-state index >= 15 is 0 Å². The molecule has 198 valence electrons. The Morgan fingerprint density at radius 3 is 2.50 bits per heavy atom. The first kappa shape index (κ1) is 26.8. The van der Waals surface area contributed by atoms with Crippen LogP contribution in [-0.4, -0.2) is 49.8 Å². The zero-order chi connectivity index (χ0) is 27.3. The molecule has 1 heterocycles. The third-order valence-corrected chi connectivity index (χ3v) is 8.04. The zero-order valence-corrected chi connectivity index (χ0v) is 21.2. The molecule has 1 amide bonds.